The molecule has 148 valence electrons. The van der Waals surface area contributed by atoms with Gasteiger partial charge in [0.05, 0.1) is 5.69 Å². The van der Waals surface area contributed by atoms with Crippen LogP contribution in [0.25, 0.3) is 10.8 Å². The zero-order valence-electron chi connectivity index (χ0n) is 16.3. The van der Waals surface area contributed by atoms with Crippen molar-refractivity contribution in [1.29, 1.82) is 0 Å². The number of hydrogen-bond donors (Lipinski definition) is 1. The number of benzene rings is 1. The molecule has 3 fully saturated rings. The summed E-state index contributed by atoms with van der Waals surface area (Å²) < 4.78 is 7.11. The highest BCUT2D eigenvalue weighted by Crippen LogP contribution is 2.56. The first-order valence-corrected chi connectivity index (χ1v) is 10.3. The molecule has 1 saturated carbocycles. The smallest absolute Gasteiger partial charge is 0.322 e. The topological polar surface area (TPSA) is 63.6 Å². The summed E-state index contributed by atoms with van der Waals surface area (Å²) in [6.45, 7) is 2.46. The van der Waals surface area contributed by atoms with Crippen LogP contribution in [0.2, 0.25) is 0 Å². The number of hydrogen-bond acceptors (Lipinski definition) is 3. The quantitative estimate of drug-likeness (QED) is 0.868. The van der Waals surface area contributed by atoms with Crippen molar-refractivity contribution in [3.05, 3.63) is 40.8 Å². The van der Waals surface area contributed by atoms with Crippen molar-refractivity contribution >= 4 is 22.5 Å². The number of amides is 2. The molecule has 6 nitrogen and oxygen atoms in total. The molecule has 1 aliphatic carbocycles. The van der Waals surface area contributed by atoms with Crippen LogP contribution in [0, 0.1) is 11.3 Å². The number of carbonyl (C=O) groups excluding carboxylic acids is 1. The maximum Gasteiger partial charge on any atom is 0.322 e. The molecule has 1 spiro atoms. The molecule has 28 heavy (non-hydrogen) atoms. The van der Waals surface area contributed by atoms with Crippen LogP contribution < -0.4 is 10.9 Å². The molecule has 1 unspecified atom stereocenters. The van der Waals surface area contributed by atoms with E-state index in [9.17, 15) is 9.59 Å². The fraction of sp³-hybridized carbons (Fsp3) is 0.545. The van der Waals surface area contributed by atoms with Gasteiger partial charge in [0.25, 0.3) is 5.56 Å². The summed E-state index contributed by atoms with van der Waals surface area (Å²) in [6, 6.07) is 7.70. The Balaban J connectivity index is 1.40. The van der Waals surface area contributed by atoms with Crippen molar-refractivity contribution in [2.75, 3.05) is 25.1 Å². The molecule has 5 rings (SSSR count). The second-order valence-corrected chi connectivity index (χ2v) is 8.67. The Labute approximate surface area is 164 Å². The lowest BCUT2D eigenvalue weighted by atomic mass is 9.54. The number of likely N-dealkylation sites (tertiary alicyclic amines) is 1. The molecule has 3 aliphatic rings. The van der Waals surface area contributed by atoms with Gasteiger partial charge in [0.2, 0.25) is 0 Å². The molecule has 1 aromatic heterocycles. The van der Waals surface area contributed by atoms with Gasteiger partial charge in [-0.25, -0.2) is 4.79 Å². The predicted molar refractivity (Wildman–Crippen MR) is 109 cm³/mol. The van der Waals surface area contributed by atoms with Gasteiger partial charge < -0.3 is 19.5 Å². The van der Waals surface area contributed by atoms with Gasteiger partial charge in [-0.2, -0.15) is 0 Å². The minimum Gasteiger partial charge on any atom is -0.381 e. The third-order valence-electron chi connectivity index (χ3n) is 7.13. The van der Waals surface area contributed by atoms with Crippen molar-refractivity contribution in [3.8, 4) is 0 Å². The lowest BCUT2D eigenvalue weighted by Crippen LogP contribution is -2.72. The van der Waals surface area contributed by atoms with E-state index in [1.54, 1.807) is 17.8 Å². The monoisotopic (exact) mass is 381 g/mol. The molecule has 3 heterocycles. The van der Waals surface area contributed by atoms with Crippen LogP contribution in [0.3, 0.4) is 0 Å². The van der Waals surface area contributed by atoms with E-state index in [0.717, 1.165) is 38.0 Å². The summed E-state index contributed by atoms with van der Waals surface area (Å²) in [5.74, 6) is 0.536. The largest absolute Gasteiger partial charge is 0.381 e. The first-order chi connectivity index (χ1) is 13.6. The number of nitrogens with one attached hydrogen (secondary N) is 1. The number of anilines is 1. The summed E-state index contributed by atoms with van der Waals surface area (Å²) in [7, 11) is 1.74. The molecule has 2 aliphatic heterocycles. The number of urea groups is 1. The number of aromatic nitrogens is 1. The summed E-state index contributed by atoms with van der Waals surface area (Å²) >= 11 is 0. The van der Waals surface area contributed by atoms with Gasteiger partial charge in [0, 0.05) is 55.2 Å². The molecular formula is C22H27N3O3. The highest BCUT2D eigenvalue weighted by molar-refractivity contribution is 6.01. The van der Waals surface area contributed by atoms with Crippen molar-refractivity contribution in [2.45, 2.75) is 38.1 Å². The normalized spacial score (nSPS) is 24.0. The second kappa shape index (κ2) is 6.62. The molecule has 0 bridgehead atoms. The van der Waals surface area contributed by atoms with E-state index >= 15 is 0 Å². The number of fused-ring (bicyclic) bond motifs is 1. The minimum atomic E-state index is -0.0500. The molecular weight excluding hydrogens is 354 g/mol. The molecule has 2 amide bonds. The molecule has 1 atom stereocenters. The standard InChI is InChI=1S/C22H27N3O3/c1-24-11-6-16-17(20(24)26)4-2-5-18(16)23-21(27)25-14-22(9-3-10-22)19(25)15-7-12-28-13-8-15/h2,4-6,11,15,19H,3,7-10,12-14H2,1H3,(H,23,27). The Morgan fingerprint density at radius 3 is 2.68 bits per heavy atom. The van der Waals surface area contributed by atoms with Crippen LogP contribution in [0.5, 0.6) is 0 Å². The summed E-state index contributed by atoms with van der Waals surface area (Å²) in [5.41, 5.74) is 1.00. The van der Waals surface area contributed by atoms with E-state index in [1.165, 1.54) is 19.3 Å². The number of pyridine rings is 1. The average Bonchev–Trinajstić information content (AvgIpc) is 2.64. The fourth-order valence-corrected chi connectivity index (χ4v) is 5.49. The molecule has 6 heteroatoms. The van der Waals surface area contributed by atoms with Gasteiger partial charge in [-0.3, -0.25) is 4.79 Å². The number of rotatable bonds is 2. The van der Waals surface area contributed by atoms with Crippen LogP contribution in [-0.2, 0) is 11.8 Å². The lowest BCUT2D eigenvalue weighted by molar-refractivity contribution is -0.135. The highest BCUT2D eigenvalue weighted by atomic mass is 16.5. The average molecular weight is 381 g/mol. The maximum absolute atomic E-state index is 13.2. The fourth-order valence-electron chi connectivity index (χ4n) is 5.49. The molecule has 2 aromatic rings. The Morgan fingerprint density at radius 1 is 1.18 bits per heavy atom. The first kappa shape index (κ1) is 17.7. The van der Waals surface area contributed by atoms with Crippen molar-refractivity contribution in [3.63, 3.8) is 0 Å². The minimum absolute atomic E-state index is 0.0396. The second-order valence-electron chi connectivity index (χ2n) is 8.67. The van der Waals surface area contributed by atoms with Crippen LogP contribution in [0.4, 0.5) is 10.5 Å². The molecule has 2 saturated heterocycles. The van der Waals surface area contributed by atoms with Crippen molar-refractivity contribution < 1.29 is 9.53 Å². The van der Waals surface area contributed by atoms with Gasteiger partial charge in [-0.15, -0.1) is 0 Å². The van der Waals surface area contributed by atoms with Gasteiger partial charge in [-0.05, 0) is 49.8 Å². The Hall–Kier alpha value is -2.34. The number of aryl methyl sites for hydroxylation is 1. The van der Waals surface area contributed by atoms with E-state index in [1.807, 2.05) is 29.2 Å². The molecule has 1 N–H and O–H groups in total. The van der Waals surface area contributed by atoms with Crippen LogP contribution >= 0.6 is 0 Å². The number of carbonyl (C=O) groups is 1. The Kier molecular flexibility index (Phi) is 4.19. The SMILES string of the molecule is Cn1ccc2c(NC(=O)N3CC4(CCC4)C3C3CCOCC3)cccc2c1=O. The lowest BCUT2D eigenvalue weighted by Gasteiger charge is -2.64. The van der Waals surface area contributed by atoms with E-state index in [4.69, 9.17) is 4.74 Å². The summed E-state index contributed by atoms with van der Waals surface area (Å²) in [6.07, 6.45) is 7.59. The van der Waals surface area contributed by atoms with Crippen molar-refractivity contribution in [1.82, 2.24) is 9.47 Å². The van der Waals surface area contributed by atoms with Crippen LogP contribution in [0.1, 0.15) is 32.1 Å². The first-order valence-electron chi connectivity index (χ1n) is 10.3. The Bertz CT molecular complexity index is 973. The van der Waals surface area contributed by atoms with E-state index < -0.39 is 0 Å². The van der Waals surface area contributed by atoms with Crippen LogP contribution in [0.15, 0.2) is 35.3 Å². The highest BCUT2D eigenvalue weighted by Gasteiger charge is 2.59. The summed E-state index contributed by atoms with van der Waals surface area (Å²) in [5, 5.41) is 4.52. The van der Waals surface area contributed by atoms with E-state index in [-0.39, 0.29) is 11.6 Å². The van der Waals surface area contributed by atoms with E-state index in [0.29, 0.717) is 28.4 Å². The predicted octanol–water partition coefficient (Wildman–Crippen LogP) is 3.35. The van der Waals surface area contributed by atoms with Gasteiger partial charge in [-0.1, -0.05) is 12.5 Å². The summed E-state index contributed by atoms with van der Waals surface area (Å²) in [4.78, 5) is 27.6. The molecule has 1 aromatic carbocycles. The zero-order chi connectivity index (χ0) is 19.3. The number of ether oxygens (including phenoxy) is 1. The zero-order valence-corrected chi connectivity index (χ0v) is 16.3. The van der Waals surface area contributed by atoms with Crippen LogP contribution in [-0.4, -0.2) is 41.3 Å². The third-order valence-corrected chi connectivity index (χ3v) is 7.13. The maximum atomic E-state index is 13.2. The Morgan fingerprint density at radius 2 is 1.96 bits per heavy atom. The molecule has 0 radical (unpaired) electrons. The number of nitrogens with zero attached hydrogens (tertiary/aromatic N) is 2. The van der Waals surface area contributed by atoms with Gasteiger partial charge in [0.1, 0.15) is 0 Å². The van der Waals surface area contributed by atoms with Gasteiger partial charge in [0.15, 0.2) is 0 Å². The van der Waals surface area contributed by atoms with Crippen molar-refractivity contribution in [2.24, 2.45) is 18.4 Å². The van der Waals surface area contributed by atoms with E-state index in [2.05, 4.69) is 5.32 Å². The third kappa shape index (κ3) is 2.65. The van der Waals surface area contributed by atoms with Gasteiger partial charge >= 0.3 is 6.03 Å².